The molecule has 5 nitrogen and oxygen atoms in total. The fourth-order valence-electron chi connectivity index (χ4n) is 3.44. The van der Waals surface area contributed by atoms with Gasteiger partial charge in [-0.05, 0) is 61.7 Å². The largest absolute Gasteiger partial charge is 0.416 e. The minimum absolute atomic E-state index is 0.0579. The molecule has 30 heavy (non-hydrogen) atoms. The van der Waals surface area contributed by atoms with E-state index in [1.54, 1.807) is 0 Å². The number of halogens is 3. The number of amides is 1. The smallest absolute Gasteiger partial charge is 0.348 e. The number of carbonyl (C=O) groups is 1. The van der Waals surface area contributed by atoms with Crippen molar-refractivity contribution >= 4 is 15.9 Å². The SMILES string of the molecule is CC1CCCCN1S(=O)(=O)c1ccc(C(=O)NCc2ccc(C(F)(F)F)cc2)cc1. The van der Waals surface area contributed by atoms with E-state index in [0.717, 1.165) is 31.4 Å². The third-order valence-electron chi connectivity index (χ3n) is 5.20. The summed E-state index contributed by atoms with van der Waals surface area (Å²) in [6.45, 7) is 2.43. The third kappa shape index (κ3) is 5.02. The molecule has 0 bridgehead atoms. The average Bonchev–Trinajstić information content (AvgIpc) is 2.72. The predicted molar refractivity (Wildman–Crippen MR) is 106 cm³/mol. The number of hydrogen-bond donors (Lipinski definition) is 1. The molecule has 0 saturated carbocycles. The molecule has 1 amide bonds. The molecule has 1 aliphatic rings. The lowest BCUT2D eigenvalue weighted by atomic mass is 10.1. The van der Waals surface area contributed by atoms with Gasteiger partial charge in [-0.3, -0.25) is 4.79 Å². The van der Waals surface area contributed by atoms with Gasteiger partial charge in [-0.1, -0.05) is 18.6 Å². The van der Waals surface area contributed by atoms with Crippen molar-refractivity contribution in [2.75, 3.05) is 6.54 Å². The number of rotatable bonds is 5. The van der Waals surface area contributed by atoms with E-state index in [-0.39, 0.29) is 23.0 Å². The molecule has 1 fully saturated rings. The van der Waals surface area contributed by atoms with Gasteiger partial charge >= 0.3 is 6.18 Å². The molecule has 2 aromatic carbocycles. The molecule has 1 N–H and O–H groups in total. The van der Waals surface area contributed by atoms with Crippen LogP contribution in [0.15, 0.2) is 53.4 Å². The summed E-state index contributed by atoms with van der Waals surface area (Å²) in [5, 5.41) is 2.62. The maximum absolute atomic E-state index is 12.8. The van der Waals surface area contributed by atoms with Crippen molar-refractivity contribution in [3.05, 3.63) is 65.2 Å². The molecule has 0 aliphatic carbocycles. The van der Waals surface area contributed by atoms with Crippen molar-refractivity contribution in [1.29, 1.82) is 0 Å². The van der Waals surface area contributed by atoms with Crippen LogP contribution in [0.2, 0.25) is 0 Å². The van der Waals surface area contributed by atoms with Gasteiger partial charge < -0.3 is 5.32 Å². The van der Waals surface area contributed by atoms with E-state index < -0.39 is 27.7 Å². The summed E-state index contributed by atoms with van der Waals surface area (Å²) in [5.74, 6) is -0.440. The lowest BCUT2D eigenvalue weighted by molar-refractivity contribution is -0.137. The zero-order valence-electron chi connectivity index (χ0n) is 16.4. The van der Waals surface area contributed by atoms with Gasteiger partial charge in [0.2, 0.25) is 10.0 Å². The van der Waals surface area contributed by atoms with Crippen LogP contribution in [0.1, 0.15) is 47.7 Å². The van der Waals surface area contributed by atoms with Crippen LogP contribution in [0, 0.1) is 0 Å². The highest BCUT2D eigenvalue weighted by Gasteiger charge is 2.31. The Balaban J connectivity index is 1.64. The van der Waals surface area contributed by atoms with Gasteiger partial charge in [-0.25, -0.2) is 8.42 Å². The van der Waals surface area contributed by atoms with Crippen LogP contribution in [0.3, 0.4) is 0 Å². The lowest BCUT2D eigenvalue weighted by Crippen LogP contribution is -2.41. The van der Waals surface area contributed by atoms with E-state index >= 15 is 0 Å². The zero-order chi connectivity index (χ0) is 21.9. The first-order chi connectivity index (χ1) is 14.1. The van der Waals surface area contributed by atoms with Gasteiger partial charge in [-0.2, -0.15) is 17.5 Å². The van der Waals surface area contributed by atoms with Crippen LogP contribution in [-0.4, -0.2) is 31.2 Å². The van der Waals surface area contributed by atoms with Crippen molar-refractivity contribution in [2.24, 2.45) is 0 Å². The predicted octanol–water partition coefficient (Wildman–Crippen LogP) is 4.20. The molecule has 0 spiro atoms. The molecule has 1 unspecified atom stereocenters. The van der Waals surface area contributed by atoms with Crippen LogP contribution in [0.5, 0.6) is 0 Å². The average molecular weight is 440 g/mol. The summed E-state index contributed by atoms with van der Waals surface area (Å²) in [6, 6.07) is 10.2. The van der Waals surface area contributed by atoms with Crippen molar-refractivity contribution < 1.29 is 26.4 Å². The van der Waals surface area contributed by atoms with Gasteiger partial charge in [0.05, 0.1) is 10.5 Å². The number of piperidine rings is 1. The van der Waals surface area contributed by atoms with Crippen molar-refractivity contribution in [3.8, 4) is 0 Å². The summed E-state index contributed by atoms with van der Waals surface area (Å²) in [4.78, 5) is 12.4. The number of nitrogens with one attached hydrogen (secondary N) is 1. The highest BCUT2D eigenvalue weighted by atomic mass is 32.2. The number of sulfonamides is 1. The lowest BCUT2D eigenvalue weighted by Gasteiger charge is -2.32. The Bertz CT molecular complexity index is 988. The molecule has 162 valence electrons. The van der Waals surface area contributed by atoms with Crippen LogP contribution >= 0.6 is 0 Å². The molecule has 1 atom stereocenters. The normalized spacial score (nSPS) is 18.2. The molecular formula is C21H23F3N2O3S. The fraction of sp³-hybridized carbons (Fsp3) is 0.381. The summed E-state index contributed by atoms with van der Waals surface area (Å²) in [5.41, 5.74) is 0.0413. The first kappa shape index (κ1) is 22.3. The van der Waals surface area contributed by atoms with E-state index in [2.05, 4.69) is 5.32 Å². The Hall–Kier alpha value is -2.39. The Labute approximate surface area is 173 Å². The summed E-state index contributed by atoms with van der Waals surface area (Å²) >= 11 is 0. The topological polar surface area (TPSA) is 66.5 Å². The van der Waals surface area contributed by atoms with Gasteiger partial charge in [0, 0.05) is 24.7 Å². The van der Waals surface area contributed by atoms with E-state index in [0.29, 0.717) is 12.1 Å². The molecule has 9 heteroatoms. The Morgan fingerprint density at radius 3 is 2.27 bits per heavy atom. The number of benzene rings is 2. The highest BCUT2D eigenvalue weighted by molar-refractivity contribution is 7.89. The second kappa shape index (κ2) is 8.77. The molecule has 1 saturated heterocycles. The summed E-state index contributed by atoms with van der Waals surface area (Å²) in [6.07, 6.45) is -1.75. The maximum Gasteiger partial charge on any atom is 0.416 e. The molecule has 1 heterocycles. The fourth-order valence-corrected chi connectivity index (χ4v) is 5.14. The Kier molecular flexibility index (Phi) is 6.52. The molecular weight excluding hydrogens is 417 g/mol. The summed E-state index contributed by atoms with van der Waals surface area (Å²) < 4.78 is 65.0. The first-order valence-corrected chi connectivity index (χ1v) is 11.1. The number of carbonyl (C=O) groups excluding carboxylic acids is 1. The minimum atomic E-state index is -4.41. The van der Waals surface area contributed by atoms with Gasteiger partial charge in [0.25, 0.3) is 5.91 Å². The van der Waals surface area contributed by atoms with E-state index in [4.69, 9.17) is 0 Å². The van der Waals surface area contributed by atoms with Crippen molar-refractivity contribution in [1.82, 2.24) is 9.62 Å². The highest BCUT2D eigenvalue weighted by Crippen LogP contribution is 2.29. The van der Waals surface area contributed by atoms with E-state index in [9.17, 15) is 26.4 Å². The van der Waals surface area contributed by atoms with Crippen LogP contribution in [-0.2, 0) is 22.7 Å². The number of alkyl halides is 3. The second-order valence-corrected chi connectivity index (χ2v) is 9.25. The zero-order valence-corrected chi connectivity index (χ0v) is 17.3. The minimum Gasteiger partial charge on any atom is -0.348 e. The molecule has 2 aromatic rings. The van der Waals surface area contributed by atoms with Gasteiger partial charge in [-0.15, -0.1) is 0 Å². The van der Waals surface area contributed by atoms with E-state index in [1.807, 2.05) is 6.92 Å². The first-order valence-electron chi connectivity index (χ1n) is 9.65. The van der Waals surface area contributed by atoms with Crippen molar-refractivity contribution in [3.63, 3.8) is 0 Å². The second-order valence-electron chi connectivity index (χ2n) is 7.36. The summed E-state index contributed by atoms with van der Waals surface area (Å²) in [7, 11) is -3.62. The number of nitrogens with zero attached hydrogens (tertiary/aromatic N) is 1. The molecule has 1 aliphatic heterocycles. The standard InChI is InChI=1S/C21H23F3N2O3S/c1-15-4-2-3-13-26(15)30(28,29)19-11-7-17(8-12-19)20(27)25-14-16-5-9-18(10-6-16)21(22,23)24/h5-12,15H,2-4,13-14H2,1H3,(H,25,27). The monoisotopic (exact) mass is 440 g/mol. The maximum atomic E-state index is 12.8. The van der Waals surface area contributed by atoms with Crippen LogP contribution < -0.4 is 5.32 Å². The van der Waals surface area contributed by atoms with Crippen LogP contribution in [0.4, 0.5) is 13.2 Å². The van der Waals surface area contributed by atoms with Crippen molar-refractivity contribution in [2.45, 2.75) is 49.8 Å². The van der Waals surface area contributed by atoms with E-state index in [1.165, 1.54) is 40.7 Å². The van der Waals surface area contributed by atoms with Gasteiger partial charge in [0.15, 0.2) is 0 Å². The molecule has 3 rings (SSSR count). The molecule has 0 radical (unpaired) electrons. The third-order valence-corrected chi connectivity index (χ3v) is 7.23. The Morgan fingerprint density at radius 1 is 1.07 bits per heavy atom. The Morgan fingerprint density at radius 2 is 1.70 bits per heavy atom. The van der Waals surface area contributed by atoms with Crippen LogP contribution in [0.25, 0.3) is 0 Å². The quantitative estimate of drug-likeness (QED) is 0.758. The number of hydrogen-bond acceptors (Lipinski definition) is 3. The molecule has 0 aromatic heterocycles. The van der Waals surface area contributed by atoms with Gasteiger partial charge in [0.1, 0.15) is 0 Å².